The number of aliphatic hydroxyl groups is 1. The van der Waals surface area contributed by atoms with E-state index in [1.807, 2.05) is 0 Å². The summed E-state index contributed by atoms with van der Waals surface area (Å²) in [6.45, 7) is 0.981. The molecule has 2 heterocycles. The first-order chi connectivity index (χ1) is 18.0. The normalized spacial score (nSPS) is 15.7. The molecule has 0 fully saturated rings. The molecule has 0 bridgehead atoms. The van der Waals surface area contributed by atoms with E-state index < -0.39 is 34.0 Å². The molecule has 1 aliphatic rings. The second kappa shape index (κ2) is 11.3. The minimum absolute atomic E-state index is 0.0143. The number of anilines is 2. The van der Waals surface area contributed by atoms with Crippen molar-refractivity contribution in [2.24, 2.45) is 0 Å². The highest BCUT2D eigenvalue weighted by Crippen LogP contribution is 2.37. The van der Waals surface area contributed by atoms with Crippen LogP contribution in [0.15, 0.2) is 59.5 Å². The fourth-order valence-corrected chi connectivity index (χ4v) is 5.92. The van der Waals surface area contributed by atoms with E-state index in [1.165, 1.54) is 55.5 Å². The van der Waals surface area contributed by atoms with E-state index in [1.54, 1.807) is 6.07 Å². The second-order valence-corrected chi connectivity index (χ2v) is 11.3. The molecule has 1 aromatic heterocycles. The number of rotatable bonds is 7. The molecule has 0 saturated heterocycles. The Balaban J connectivity index is 1.70. The maximum absolute atomic E-state index is 13.7. The summed E-state index contributed by atoms with van der Waals surface area (Å²) in [6.07, 6.45) is -2.07. The van der Waals surface area contributed by atoms with Gasteiger partial charge < -0.3 is 20.5 Å². The van der Waals surface area contributed by atoms with Gasteiger partial charge in [-0.25, -0.2) is 17.7 Å². The number of nitrogens with one attached hydrogen (secondary N) is 2. The minimum Gasteiger partial charge on any atom is -0.483 e. The van der Waals surface area contributed by atoms with Crippen LogP contribution in [0, 0.1) is 0 Å². The number of hydrogen-bond acceptors (Lipinski definition) is 7. The summed E-state index contributed by atoms with van der Waals surface area (Å²) >= 11 is 18.3. The number of sulfonamides is 1. The molecule has 3 N–H and O–H groups in total. The Morgan fingerprint density at radius 2 is 1.82 bits per heavy atom. The van der Waals surface area contributed by atoms with Gasteiger partial charge in [0.15, 0.2) is 11.6 Å². The van der Waals surface area contributed by atoms with Crippen LogP contribution in [0.1, 0.15) is 17.3 Å². The van der Waals surface area contributed by atoms with Crippen molar-refractivity contribution in [1.29, 1.82) is 0 Å². The second-order valence-electron chi connectivity index (χ2n) is 8.22. The Bertz CT molecular complexity index is 1480. The standard InChI is InChI=1S/C24H21Cl3N4O6S/c1-13(32)23(33)28-11-15-12-31(38(35,36)16-5-2-4-14(25)10-16)22-19(37-15)8-9-20(29-22)30-24(34)21-17(26)6-3-7-18(21)27/h2-10,13,15,32H,11-12H2,1H3,(H,28,33)(H,29,30,34). The molecule has 0 radical (unpaired) electrons. The highest BCUT2D eigenvalue weighted by molar-refractivity contribution is 7.92. The van der Waals surface area contributed by atoms with E-state index in [9.17, 15) is 23.1 Å². The maximum Gasteiger partial charge on any atom is 0.265 e. The van der Waals surface area contributed by atoms with Crippen LogP contribution in [0.4, 0.5) is 11.6 Å². The number of hydrogen-bond donors (Lipinski definition) is 3. The molecule has 2 amide bonds. The number of carbonyl (C=O) groups excluding carboxylic acids is 2. The topological polar surface area (TPSA) is 138 Å². The molecule has 0 spiro atoms. The summed E-state index contributed by atoms with van der Waals surface area (Å²) < 4.78 is 34.2. The van der Waals surface area contributed by atoms with E-state index in [-0.39, 0.29) is 56.0 Å². The molecule has 4 rings (SSSR count). The predicted octanol–water partition coefficient (Wildman–Crippen LogP) is 3.75. The van der Waals surface area contributed by atoms with Crippen LogP contribution in [-0.2, 0) is 14.8 Å². The number of halogens is 3. The van der Waals surface area contributed by atoms with Gasteiger partial charge in [-0.2, -0.15) is 0 Å². The summed E-state index contributed by atoms with van der Waals surface area (Å²) in [5.74, 6) is -1.27. The molecule has 1 aliphatic heterocycles. The van der Waals surface area contributed by atoms with Gasteiger partial charge in [0, 0.05) is 5.02 Å². The summed E-state index contributed by atoms with van der Waals surface area (Å²) in [6, 6.07) is 13.2. The molecule has 10 nitrogen and oxygen atoms in total. The average Bonchev–Trinajstić information content (AvgIpc) is 2.86. The van der Waals surface area contributed by atoms with Gasteiger partial charge in [-0.15, -0.1) is 0 Å². The van der Waals surface area contributed by atoms with Crippen LogP contribution in [0.25, 0.3) is 0 Å². The SMILES string of the molecule is CC(O)C(=O)NCC1CN(S(=O)(=O)c2cccc(Cl)c2)c2nc(NC(=O)c3c(Cl)cccc3Cl)ccc2O1. The Kier molecular flexibility index (Phi) is 8.34. The van der Waals surface area contributed by atoms with Gasteiger partial charge in [0.25, 0.3) is 15.9 Å². The maximum atomic E-state index is 13.7. The number of fused-ring (bicyclic) bond motifs is 1. The van der Waals surface area contributed by atoms with Crippen LogP contribution in [0.2, 0.25) is 15.1 Å². The van der Waals surface area contributed by atoms with Crippen molar-refractivity contribution in [3.8, 4) is 5.75 Å². The molecule has 2 atom stereocenters. The van der Waals surface area contributed by atoms with E-state index in [0.717, 1.165) is 4.31 Å². The molecule has 3 aromatic rings. The summed E-state index contributed by atoms with van der Waals surface area (Å²) in [5, 5.41) is 15.0. The van der Waals surface area contributed by atoms with Crippen LogP contribution in [-0.4, -0.2) is 55.6 Å². The molecular formula is C24H21Cl3N4O6S. The van der Waals surface area contributed by atoms with Gasteiger partial charge in [0.05, 0.1) is 33.6 Å². The Morgan fingerprint density at radius 3 is 2.47 bits per heavy atom. The molecule has 0 aliphatic carbocycles. The molecule has 14 heteroatoms. The van der Waals surface area contributed by atoms with E-state index in [2.05, 4.69) is 15.6 Å². The molecule has 2 unspecified atom stereocenters. The van der Waals surface area contributed by atoms with E-state index >= 15 is 0 Å². The Labute approximate surface area is 233 Å². The van der Waals surface area contributed by atoms with Gasteiger partial charge in [0.1, 0.15) is 18.0 Å². The number of benzene rings is 2. The molecule has 200 valence electrons. The molecule has 0 saturated carbocycles. The lowest BCUT2D eigenvalue weighted by molar-refractivity contribution is -0.128. The first-order valence-corrected chi connectivity index (χ1v) is 13.7. The molecule has 2 aromatic carbocycles. The van der Waals surface area contributed by atoms with Crippen LogP contribution in [0.5, 0.6) is 5.75 Å². The van der Waals surface area contributed by atoms with E-state index in [0.29, 0.717) is 0 Å². The van der Waals surface area contributed by atoms with Crippen molar-refractivity contribution in [2.45, 2.75) is 24.0 Å². The van der Waals surface area contributed by atoms with Crippen molar-refractivity contribution in [3.63, 3.8) is 0 Å². The first-order valence-electron chi connectivity index (χ1n) is 11.1. The minimum atomic E-state index is -4.21. The number of nitrogens with zero attached hydrogens (tertiary/aromatic N) is 2. The van der Waals surface area contributed by atoms with Gasteiger partial charge in [0.2, 0.25) is 5.91 Å². The number of ether oxygens (including phenoxy) is 1. The summed E-state index contributed by atoms with van der Waals surface area (Å²) in [4.78, 5) is 28.9. The fraction of sp³-hybridized carbons (Fsp3) is 0.208. The predicted molar refractivity (Wildman–Crippen MR) is 144 cm³/mol. The molecule has 38 heavy (non-hydrogen) atoms. The smallest absolute Gasteiger partial charge is 0.265 e. The van der Waals surface area contributed by atoms with Crippen LogP contribution in [0.3, 0.4) is 0 Å². The highest BCUT2D eigenvalue weighted by Gasteiger charge is 2.36. The van der Waals surface area contributed by atoms with Crippen LogP contribution >= 0.6 is 34.8 Å². The van der Waals surface area contributed by atoms with Crippen molar-refractivity contribution < 1.29 is 27.9 Å². The van der Waals surface area contributed by atoms with E-state index in [4.69, 9.17) is 39.5 Å². The lowest BCUT2D eigenvalue weighted by Gasteiger charge is -2.34. The number of aliphatic hydroxyl groups excluding tert-OH is 1. The van der Waals surface area contributed by atoms with Crippen molar-refractivity contribution in [2.75, 3.05) is 22.7 Å². The number of aromatic nitrogens is 1. The monoisotopic (exact) mass is 598 g/mol. The lowest BCUT2D eigenvalue weighted by Crippen LogP contribution is -2.49. The zero-order valence-electron chi connectivity index (χ0n) is 19.7. The Hall–Kier alpha value is -3.09. The largest absolute Gasteiger partial charge is 0.483 e. The quantitative estimate of drug-likeness (QED) is 0.376. The molecular weight excluding hydrogens is 579 g/mol. The zero-order chi connectivity index (χ0) is 27.6. The zero-order valence-corrected chi connectivity index (χ0v) is 22.8. The Morgan fingerprint density at radius 1 is 1.13 bits per heavy atom. The van der Waals surface area contributed by atoms with Crippen molar-refractivity contribution in [1.82, 2.24) is 10.3 Å². The third-order valence-corrected chi connectivity index (χ3v) is 8.05. The third kappa shape index (κ3) is 5.97. The number of amides is 2. The number of pyridine rings is 1. The van der Waals surface area contributed by atoms with Crippen molar-refractivity contribution >= 4 is 68.3 Å². The van der Waals surface area contributed by atoms with Crippen molar-refractivity contribution in [3.05, 3.63) is 75.2 Å². The highest BCUT2D eigenvalue weighted by atomic mass is 35.5. The van der Waals surface area contributed by atoms with Crippen LogP contribution < -0.4 is 19.7 Å². The summed E-state index contributed by atoms with van der Waals surface area (Å²) in [7, 11) is -4.21. The summed E-state index contributed by atoms with van der Waals surface area (Å²) in [5.41, 5.74) is 0.0314. The fourth-order valence-electron chi connectivity index (χ4n) is 3.59. The first kappa shape index (κ1) is 27.9. The van der Waals surface area contributed by atoms with Gasteiger partial charge in [-0.3, -0.25) is 9.59 Å². The van der Waals surface area contributed by atoms with Gasteiger partial charge >= 0.3 is 0 Å². The van der Waals surface area contributed by atoms with Gasteiger partial charge in [-0.1, -0.05) is 46.9 Å². The average molecular weight is 600 g/mol. The van der Waals surface area contributed by atoms with Gasteiger partial charge in [-0.05, 0) is 49.4 Å². The third-order valence-electron chi connectivity index (χ3n) is 5.44. The number of carbonyl (C=O) groups is 2. The lowest BCUT2D eigenvalue weighted by atomic mass is 10.2.